The SMILES string of the molecule is Cc1nc(C(C)(C)C)oc1CCC(=O)NC1CCCCC1. The number of aromatic nitrogens is 1. The van der Waals surface area contributed by atoms with Crippen LogP contribution >= 0.6 is 0 Å². The molecule has 0 aromatic carbocycles. The number of hydrogen-bond donors (Lipinski definition) is 1. The largest absolute Gasteiger partial charge is 0.445 e. The molecule has 1 N–H and O–H groups in total. The maximum Gasteiger partial charge on any atom is 0.220 e. The first-order valence-electron chi connectivity index (χ1n) is 8.12. The molecule has 4 heteroatoms. The van der Waals surface area contributed by atoms with Gasteiger partial charge in [0.1, 0.15) is 5.76 Å². The van der Waals surface area contributed by atoms with Crippen molar-refractivity contribution in [2.75, 3.05) is 0 Å². The smallest absolute Gasteiger partial charge is 0.220 e. The fraction of sp³-hybridized carbons (Fsp3) is 0.765. The van der Waals surface area contributed by atoms with E-state index in [1.54, 1.807) is 0 Å². The molecule has 1 aromatic rings. The van der Waals surface area contributed by atoms with Crippen molar-refractivity contribution in [2.45, 2.75) is 84.1 Å². The minimum atomic E-state index is -0.0899. The highest BCUT2D eigenvalue weighted by Gasteiger charge is 2.22. The van der Waals surface area contributed by atoms with Crippen LogP contribution in [0.3, 0.4) is 0 Å². The third-order valence-electron chi connectivity index (χ3n) is 4.08. The predicted molar refractivity (Wildman–Crippen MR) is 83.3 cm³/mol. The Bertz CT molecular complexity index is 479. The number of nitrogens with zero attached hydrogens (tertiary/aromatic N) is 1. The minimum absolute atomic E-state index is 0.0899. The Morgan fingerprint density at radius 3 is 2.52 bits per heavy atom. The maximum absolute atomic E-state index is 12.0. The van der Waals surface area contributed by atoms with Crippen LogP contribution < -0.4 is 5.32 Å². The third-order valence-corrected chi connectivity index (χ3v) is 4.08. The highest BCUT2D eigenvalue weighted by molar-refractivity contribution is 5.76. The fourth-order valence-electron chi connectivity index (χ4n) is 2.75. The monoisotopic (exact) mass is 292 g/mol. The summed E-state index contributed by atoms with van der Waals surface area (Å²) in [6.07, 6.45) is 7.15. The van der Waals surface area contributed by atoms with Gasteiger partial charge in [-0.15, -0.1) is 0 Å². The Hall–Kier alpha value is -1.32. The molecule has 0 atom stereocenters. The first-order chi connectivity index (χ1) is 9.86. The van der Waals surface area contributed by atoms with Gasteiger partial charge in [-0.3, -0.25) is 4.79 Å². The van der Waals surface area contributed by atoms with Gasteiger partial charge in [0, 0.05) is 24.3 Å². The highest BCUT2D eigenvalue weighted by atomic mass is 16.4. The Balaban J connectivity index is 1.85. The van der Waals surface area contributed by atoms with Crippen molar-refractivity contribution in [2.24, 2.45) is 0 Å². The second kappa shape index (κ2) is 6.63. The lowest BCUT2D eigenvalue weighted by Gasteiger charge is -2.22. The van der Waals surface area contributed by atoms with Crippen LogP contribution in [-0.4, -0.2) is 16.9 Å². The number of amides is 1. The highest BCUT2D eigenvalue weighted by Crippen LogP contribution is 2.24. The molecule has 21 heavy (non-hydrogen) atoms. The van der Waals surface area contributed by atoms with E-state index in [0.717, 1.165) is 30.2 Å². The van der Waals surface area contributed by atoms with Gasteiger partial charge in [-0.25, -0.2) is 4.98 Å². The number of carbonyl (C=O) groups excluding carboxylic acids is 1. The van der Waals surface area contributed by atoms with Crippen molar-refractivity contribution < 1.29 is 9.21 Å². The Kier molecular flexibility index (Phi) is 5.07. The number of aryl methyl sites for hydroxylation is 2. The zero-order valence-corrected chi connectivity index (χ0v) is 13.8. The van der Waals surface area contributed by atoms with Gasteiger partial charge in [0.2, 0.25) is 5.91 Å². The molecule has 0 radical (unpaired) electrons. The third kappa shape index (κ3) is 4.58. The molecule has 1 aromatic heterocycles. The first kappa shape index (κ1) is 16.1. The van der Waals surface area contributed by atoms with Gasteiger partial charge < -0.3 is 9.73 Å². The molecule has 4 nitrogen and oxygen atoms in total. The topological polar surface area (TPSA) is 55.1 Å². The van der Waals surface area contributed by atoms with Crippen LogP contribution in [0.15, 0.2) is 4.42 Å². The van der Waals surface area contributed by atoms with Crippen LogP contribution in [0.5, 0.6) is 0 Å². The Morgan fingerprint density at radius 2 is 1.95 bits per heavy atom. The lowest BCUT2D eigenvalue weighted by atomic mass is 9.95. The second-order valence-electron chi connectivity index (χ2n) is 7.18. The molecule has 1 heterocycles. The van der Waals surface area contributed by atoms with Gasteiger partial charge in [-0.1, -0.05) is 40.0 Å². The van der Waals surface area contributed by atoms with E-state index in [4.69, 9.17) is 4.42 Å². The molecule has 0 unspecified atom stereocenters. The molecule has 1 fully saturated rings. The lowest BCUT2D eigenvalue weighted by molar-refractivity contribution is -0.122. The second-order valence-corrected chi connectivity index (χ2v) is 7.18. The number of nitrogens with one attached hydrogen (secondary N) is 1. The molecule has 118 valence electrons. The first-order valence-corrected chi connectivity index (χ1v) is 8.12. The van der Waals surface area contributed by atoms with Crippen molar-refractivity contribution >= 4 is 5.91 Å². The van der Waals surface area contributed by atoms with Gasteiger partial charge in [-0.2, -0.15) is 0 Å². The summed E-state index contributed by atoms with van der Waals surface area (Å²) in [4.78, 5) is 16.5. The van der Waals surface area contributed by atoms with E-state index in [2.05, 4.69) is 31.1 Å². The summed E-state index contributed by atoms with van der Waals surface area (Å²) in [5.74, 6) is 1.73. The van der Waals surface area contributed by atoms with Crippen LogP contribution in [0.4, 0.5) is 0 Å². The zero-order chi connectivity index (χ0) is 15.5. The van der Waals surface area contributed by atoms with Crippen LogP contribution in [0.2, 0.25) is 0 Å². The molecule has 0 saturated heterocycles. The summed E-state index contributed by atoms with van der Waals surface area (Å²) in [6, 6.07) is 0.382. The summed E-state index contributed by atoms with van der Waals surface area (Å²) >= 11 is 0. The number of rotatable bonds is 4. The average Bonchev–Trinajstić information content (AvgIpc) is 2.79. The molecule has 0 aliphatic heterocycles. The summed E-state index contributed by atoms with van der Waals surface area (Å²) in [7, 11) is 0. The fourth-order valence-corrected chi connectivity index (χ4v) is 2.75. The van der Waals surface area contributed by atoms with E-state index in [-0.39, 0.29) is 11.3 Å². The normalized spacial score (nSPS) is 17.0. The van der Waals surface area contributed by atoms with Crippen molar-refractivity contribution in [3.05, 3.63) is 17.3 Å². The molecular formula is C17H28N2O2. The van der Waals surface area contributed by atoms with Crippen molar-refractivity contribution in [3.8, 4) is 0 Å². The molecular weight excluding hydrogens is 264 g/mol. The van der Waals surface area contributed by atoms with Gasteiger partial charge in [-0.05, 0) is 19.8 Å². The molecule has 1 aliphatic carbocycles. The van der Waals surface area contributed by atoms with E-state index in [1.807, 2.05) is 6.92 Å². The molecule has 2 rings (SSSR count). The summed E-state index contributed by atoms with van der Waals surface area (Å²) in [5, 5.41) is 3.14. The van der Waals surface area contributed by atoms with E-state index in [1.165, 1.54) is 19.3 Å². The van der Waals surface area contributed by atoms with Crippen molar-refractivity contribution in [3.63, 3.8) is 0 Å². The van der Waals surface area contributed by atoms with E-state index >= 15 is 0 Å². The zero-order valence-electron chi connectivity index (χ0n) is 13.8. The van der Waals surface area contributed by atoms with Gasteiger partial charge in [0.05, 0.1) is 5.69 Å². The number of oxazole rings is 1. The van der Waals surface area contributed by atoms with Gasteiger partial charge in [0.15, 0.2) is 5.89 Å². The molecule has 1 saturated carbocycles. The molecule has 1 amide bonds. The van der Waals surface area contributed by atoms with E-state index in [0.29, 0.717) is 18.9 Å². The van der Waals surface area contributed by atoms with Gasteiger partial charge in [0.25, 0.3) is 0 Å². The van der Waals surface area contributed by atoms with E-state index in [9.17, 15) is 4.79 Å². The standard InChI is InChI=1S/C17H28N2O2/c1-12-14(21-16(18-12)17(2,3)4)10-11-15(20)19-13-8-6-5-7-9-13/h13H,5-11H2,1-4H3,(H,19,20). The molecule has 0 spiro atoms. The summed E-state index contributed by atoms with van der Waals surface area (Å²) < 4.78 is 5.83. The Labute approximate surface area is 127 Å². The number of hydrogen-bond acceptors (Lipinski definition) is 3. The predicted octanol–water partition coefficient (Wildman–Crippen LogP) is 3.66. The Morgan fingerprint density at radius 1 is 1.29 bits per heavy atom. The maximum atomic E-state index is 12.0. The van der Waals surface area contributed by atoms with Crippen LogP contribution in [-0.2, 0) is 16.6 Å². The number of carbonyl (C=O) groups is 1. The van der Waals surface area contributed by atoms with Crippen LogP contribution in [0.25, 0.3) is 0 Å². The van der Waals surface area contributed by atoms with Gasteiger partial charge >= 0.3 is 0 Å². The van der Waals surface area contributed by atoms with E-state index < -0.39 is 0 Å². The summed E-state index contributed by atoms with van der Waals surface area (Å²) in [5.41, 5.74) is 0.818. The van der Waals surface area contributed by atoms with Crippen LogP contribution in [0.1, 0.15) is 76.6 Å². The summed E-state index contributed by atoms with van der Waals surface area (Å²) in [6.45, 7) is 8.20. The quantitative estimate of drug-likeness (QED) is 0.921. The molecule has 1 aliphatic rings. The van der Waals surface area contributed by atoms with Crippen LogP contribution in [0, 0.1) is 6.92 Å². The van der Waals surface area contributed by atoms with Crippen molar-refractivity contribution in [1.29, 1.82) is 0 Å². The molecule has 0 bridgehead atoms. The average molecular weight is 292 g/mol. The lowest BCUT2D eigenvalue weighted by Crippen LogP contribution is -2.36. The van der Waals surface area contributed by atoms with Crippen molar-refractivity contribution in [1.82, 2.24) is 10.3 Å². The minimum Gasteiger partial charge on any atom is -0.445 e.